The standard InChI is InChI=1S/C17H23N5O2/c1-4-24-15-10-13(8-7-11(15)2)18-17(23)19-14-6-5-9-22-12(3)20-21-16(14)22/h7-8,10,14H,4-6,9H2,1-3H3,(H2,18,19,23)/t14-/m1/s1. The van der Waals surface area contributed by atoms with E-state index in [1.165, 1.54) is 0 Å². The highest BCUT2D eigenvalue weighted by Gasteiger charge is 2.25. The zero-order chi connectivity index (χ0) is 17.1. The molecule has 1 aliphatic heterocycles. The molecule has 128 valence electrons. The minimum absolute atomic E-state index is 0.114. The first kappa shape index (κ1) is 16.3. The molecular formula is C17H23N5O2. The maximum atomic E-state index is 12.3. The Bertz CT molecular complexity index is 741. The lowest BCUT2D eigenvalue weighted by Crippen LogP contribution is -2.36. The number of hydrogen-bond donors (Lipinski definition) is 2. The molecule has 0 unspecified atom stereocenters. The van der Waals surface area contributed by atoms with Crippen LogP contribution in [-0.2, 0) is 6.54 Å². The van der Waals surface area contributed by atoms with Crippen LogP contribution >= 0.6 is 0 Å². The Labute approximate surface area is 141 Å². The van der Waals surface area contributed by atoms with Crippen molar-refractivity contribution in [1.29, 1.82) is 0 Å². The highest BCUT2D eigenvalue weighted by molar-refractivity contribution is 5.89. The van der Waals surface area contributed by atoms with Gasteiger partial charge in [-0.2, -0.15) is 0 Å². The minimum atomic E-state index is -0.250. The zero-order valence-corrected chi connectivity index (χ0v) is 14.3. The Morgan fingerprint density at radius 3 is 3.00 bits per heavy atom. The number of rotatable bonds is 4. The zero-order valence-electron chi connectivity index (χ0n) is 14.3. The Morgan fingerprint density at radius 2 is 2.21 bits per heavy atom. The molecule has 2 amide bonds. The molecule has 1 aliphatic rings. The minimum Gasteiger partial charge on any atom is -0.494 e. The van der Waals surface area contributed by atoms with Gasteiger partial charge in [-0.1, -0.05) is 6.07 Å². The Kier molecular flexibility index (Phi) is 4.69. The summed E-state index contributed by atoms with van der Waals surface area (Å²) in [7, 11) is 0. The molecule has 0 radical (unpaired) electrons. The largest absolute Gasteiger partial charge is 0.494 e. The van der Waals surface area contributed by atoms with Crippen LogP contribution in [-0.4, -0.2) is 27.4 Å². The van der Waals surface area contributed by atoms with E-state index in [1.807, 2.05) is 39.0 Å². The van der Waals surface area contributed by atoms with Gasteiger partial charge in [-0.25, -0.2) is 4.79 Å². The second-order valence-corrected chi connectivity index (χ2v) is 5.96. The van der Waals surface area contributed by atoms with E-state index in [-0.39, 0.29) is 12.1 Å². The van der Waals surface area contributed by atoms with E-state index in [4.69, 9.17) is 4.74 Å². The quantitative estimate of drug-likeness (QED) is 0.903. The van der Waals surface area contributed by atoms with E-state index in [1.54, 1.807) is 0 Å². The van der Waals surface area contributed by atoms with Gasteiger partial charge in [0, 0.05) is 18.3 Å². The monoisotopic (exact) mass is 329 g/mol. The van der Waals surface area contributed by atoms with Gasteiger partial charge in [0.25, 0.3) is 0 Å². The molecule has 0 saturated heterocycles. The van der Waals surface area contributed by atoms with Crippen LogP contribution in [0.3, 0.4) is 0 Å². The fraction of sp³-hybridized carbons (Fsp3) is 0.471. The topological polar surface area (TPSA) is 81.1 Å². The number of aryl methyl sites for hydroxylation is 2. The third-order valence-electron chi connectivity index (χ3n) is 4.20. The number of aromatic nitrogens is 3. The maximum absolute atomic E-state index is 12.3. The molecule has 2 N–H and O–H groups in total. The van der Waals surface area contributed by atoms with Crippen molar-refractivity contribution >= 4 is 11.7 Å². The van der Waals surface area contributed by atoms with Crippen molar-refractivity contribution in [2.75, 3.05) is 11.9 Å². The number of nitrogens with zero attached hydrogens (tertiary/aromatic N) is 3. The van der Waals surface area contributed by atoms with E-state index in [0.717, 1.165) is 42.3 Å². The van der Waals surface area contributed by atoms with Gasteiger partial charge in [0.2, 0.25) is 0 Å². The molecule has 2 aromatic rings. The number of benzene rings is 1. The number of ether oxygens (including phenoxy) is 1. The second kappa shape index (κ2) is 6.90. The average molecular weight is 329 g/mol. The van der Waals surface area contributed by atoms with Crippen LogP contribution in [0.1, 0.15) is 43.0 Å². The summed E-state index contributed by atoms with van der Waals surface area (Å²) in [4.78, 5) is 12.3. The maximum Gasteiger partial charge on any atom is 0.319 e. The van der Waals surface area contributed by atoms with Crippen molar-refractivity contribution in [2.45, 2.75) is 46.2 Å². The molecule has 24 heavy (non-hydrogen) atoms. The van der Waals surface area contributed by atoms with Crippen LogP contribution in [0.4, 0.5) is 10.5 Å². The third kappa shape index (κ3) is 3.34. The fourth-order valence-corrected chi connectivity index (χ4v) is 2.97. The molecule has 1 aromatic carbocycles. The summed E-state index contributed by atoms with van der Waals surface area (Å²) in [5.41, 5.74) is 1.74. The molecule has 0 bridgehead atoms. The van der Waals surface area contributed by atoms with Crippen LogP contribution in [0.2, 0.25) is 0 Å². The van der Waals surface area contributed by atoms with Gasteiger partial charge in [0.15, 0.2) is 5.82 Å². The molecule has 1 aromatic heterocycles. The second-order valence-electron chi connectivity index (χ2n) is 5.96. The summed E-state index contributed by atoms with van der Waals surface area (Å²) in [5, 5.41) is 14.2. The Balaban J connectivity index is 1.67. The first-order valence-electron chi connectivity index (χ1n) is 8.29. The Hall–Kier alpha value is -2.57. The van der Waals surface area contributed by atoms with Crippen molar-refractivity contribution < 1.29 is 9.53 Å². The van der Waals surface area contributed by atoms with Gasteiger partial charge in [-0.15, -0.1) is 10.2 Å². The molecule has 3 rings (SSSR count). The summed E-state index contributed by atoms with van der Waals surface area (Å²) in [5.74, 6) is 2.49. The highest BCUT2D eigenvalue weighted by atomic mass is 16.5. The van der Waals surface area contributed by atoms with Crippen molar-refractivity contribution in [3.63, 3.8) is 0 Å². The van der Waals surface area contributed by atoms with Crippen molar-refractivity contribution in [2.24, 2.45) is 0 Å². The van der Waals surface area contributed by atoms with E-state index >= 15 is 0 Å². The van der Waals surface area contributed by atoms with Crippen molar-refractivity contribution in [3.05, 3.63) is 35.4 Å². The first-order chi connectivity index (χ1) is 11.6. The molecular weight excluding hydrogens is 306 g/mol. The summed E-state index contributed by atoms with van der Waals surface area (Å²) < 4.78 is 7.63. The normalized spacial score (nSPS) is 16.4. The van der Waals surface area contributed by atoms with Gasteiger partial charge >= 0.3 is 6.03 Å². The number of hydrogen-bond acceptors (Lipinski definition) is 4. The number of fused-ring (bicyclic) bond motifs is 1. The first-order valence-corrected chi connectivity index (χ1v) is 8.29. The smallest absolute Gasteiger partial charge is 0.319 e. The molecule has 2 heterocycles. The van der Waals surface area contributed by atoms with Crippen molar-refractivity contribution in [3.8, 4) is 5.75 Å². The summed E-state index contributed by atoms with van der Waals surface area (Å²) >= 11 is 0. The fourth-order valence-electron chi connectivity index (χ4n) is 2.97. The van der Waals surface area contributed by atoms with Crippen LogP contribution in [0.15, 0.2) is 18.2 Å². The van der Waals surface area contributed by atoms with E-state index in [2.05, 4.69) is 25.4 Å². The predicted molar refractivity (Wildman–Crippen MR) is 91.2 cm³/mol. The predicted octanol–water partition coefficient (Wildman–Crippen LogP) is 2.95. The van der Waals surface area contributed by atoms with Gasteiger partial charge in [-0.3, -0.25) is 0 Å². The third-order valence-corrected chi connectivity index (χ3v) is 4.20. The highest BCUT2D eigenvalue weighted by Crippen LogP contribution is 2.25. The number of carbonyl (C=O) groups excluding carboxylic acids is 1. The van der Waals surface area contributed by atoms with Crippen LogP contribution in [0, 0.1) is 13.8 Å². The van der Waals surface area contributed by atoms with Gasteiger partial charge in [0.1, 0.15) is 11.6 Å². The van der Waals surface area contributed by atoms with E-state index in [0.29, 0.717) is 12.3 Å². The number of nitrogens with one attached hydrogen (secondary N) is 2. The van der Waals surface area contributed by atoms with Gasteiger partial charge in [0.05, 0.1) is 12.6 Å². The number of carbonyl (C=O) groups is 1. The van der Waals surface area contributed by atoms with Gasteiger partial charge < -0.3 is 19.9 Å². The molecule has 1 atom stereocenters. The number of anilines is 1. The average Bonchev–Trinajstić information content (AvgIpc) is 2.93. The summed E-state index contributed by atoms with van der Waals surface area (Å²) in [6.07, 6.45) is 1.86. The number of urea groups is 1. The lowest BCUT2D eigenvalue weighted by atomic mass is 10.1. The lowest BCUT2D eigenvalue weighted by molar-refractivity contribution is 0.244. The summed E-state index contributed by atoms with van der Waals surface area (Å²) in [6.45, 7) is 7.34. The van der Waals surface area contributed by atoms with Crippen molar-refractivity contribution in [1.82, 2.24) is 20.1 Å². The van der Waals surface area contributed by atoms with Crippen LogP contribution < -0.4 is 15.4 Å². The molecule has 0 aliphatic carbocycles. The van der Waals surface area contributed by atoms with Crippen LogP contribution in [0.25, 0.3) is 0 Å². The van der Waals surface area contributed by atoms with E-state index < -0.39 is 0 Å². The molecule has 7 nitrogen and oxygen atoms in total. The van der Waals surface area contributed by atoms with E-state index in [9.17, 15) is 4.79 Å². The molecule has 0 spiro atoms. The lowest BCUT2D eigenvalue weighted by Gasteiger charge is -2.24. The van der Waals surface area contributed by atoms with Crippen LogP contribution in [0.5, 0.6) is 5.75 Å². The number of amides is 2. The molecule has 0 saturated carbocycles. The Morgan fingerprint density at radius 1 is 1.38 bits per heavy atom. The van der Waals surface area contributed by atoms with Gasteiger partial charge in [-0.05, 0) is 45.2 Å². The molecule has 7 heteroatoms. The molecule has 0 fully saturated rings. The SMILES string of the molecule is CCOc1cc(NC(=O)N[C@@H]2CCCn3c(C)nnc32)ccc1C. The summed E-state index contributed by atoms with van der Waals surface area (Å²) in [6, 6.07) is 5.27.